The van der Waals surface area contributed by atoms with Crippen molar-refractivity contribution in [2.45, 2.75) is 57.7 Å². The molecule has 0 saturated carbocycles. The molecular formula is C17H29N5O4. The van der Waals surface area contributed by atoms with Gasteiger partial charge in [-0.1, -0.05) is 13.8 Å². The Balaban J connectivity index is 1.86. The van der Waals surface area contributed by atoms with E-state index in [4.69, 9.17) is 5.73 Å². The van der Waals surface area contributed by atoms with E-state index in [1.807, 2.05) is 13.8 Å². The molecule has 4 amide bonds. The number of primary amides is 1. The second-order valence-electron chi connectivity index (χ2n) is 7.35. The zero-order valence-corrected chi connectivity index (χ0v) is 15.4. The van der Waals surface area contributed by atoms with Crippen LogP contribution in [0.5, 0.6) is 0 Å². The van der Waals surface area contributed by atoms with Gasteiger partial charge >= 0.3 is 0 Å². The van der Waals surface area contributed by atoms with Crippen LogP contribution in [0.1, 0.15) is 39.5 Å². The first-order valence-electron chi connectivity index (χ1n) is 9.19. The molecule has 2 rings (SSSR count). The van der Waals surface area contributed by atoms with E-state index in [2.05, 4.69) is 16.0 Å². The van der Waals surface area contributed by atoms with Crippen molar-refractivity contribution >= 4 is 23.6 Å². The first-order valence-corrected chi connectivity index (χ1v) is 9.19. The third kappa shape index (κ3) is 5.17. The lowest BCUT2D eigenvalue weighted by molar-refractivity contribution is -0.146. The molecular weight excluding hydrogens is 338 g/mol. The van der Waals surface area contributed by atoms with Crippen molar-refractivity contribution in [1.82, 2.24) is 20.9 Å². The molecule has 0 radical (unpaired) electrons. The maximum atomic E-state index is 12.5. The monoisotopic (exact) mass is 367 g/mol. The fraction of sp³-hybridized carbons (Fsp3) is 0.765. The first kappa shape index (κ1) is 20.2. The molecule has 2 heterocycles. The SMILES string of the molecule is CC(C)C[C@H](NC(=O)[C@@H]1CCCN1)C(=O)NCC(=O)N1CC[C@H]1C(N)=O. The lowest BCUT2D eigenvalue weighted by atomic mass is 10.0. The van der Waals surface area contributed by atoms with Crippen LogP contribution in [0, 0.1) is 5.92 Å². The van der Waals surface area contributed by atoms with Gasteiger partial charge in [0.2, 0.25) is 23.6 Å². The molecule has 9 heteroatoms. The summed E-state index contributed by atoms with van der Waals surface area (Å²) >= 11 is 0. The average molecular weight is 367 g/mol. The van der Waals surface area contributed by atoms with Crippen molar-refractivity contribution < 1.29 is 19.2 Å². The molecule has 2 fully saturated rings. The minimum atomic E-state index is -0.693. The molecule has 5 N–H and O–H groups in total. The van der Waals surface area contributed by atoms with Crippen LogP contribution in [0.15, 0.2) is 0 Å². The number of nitrogens with one attached hydrogen (secondary N) is 3. The third-order valence-corrected chi connectivity index (χ3v) is 4.80. The number of rotatable bonds is 8. The first-order chi connectivity index (χ1) is 12.3. The number of carbonyl (C=O) groups is 4. The summed E-state index contributed by atoms with van der Waals surface area (Å²) in [4.78, 5) is 49.4. The molecule has 2 aliphatic heterocycles. The Morgan fingerprint density at radius 2 is 1.96 bits per heavy atom. The van der Waals surface area contributed by atoms with Gasteiger partial charge in [0.1, 0.15) is 12.1 Å². The molecule has 0 aromatic carbocycles. The van der Waals surface area contributed by atoms with Crippen LogP contribution in [-0.2, 0) is 19.2 Å². The Bertz CT molecular complexity index is 559. The van der Waals surface area contributed by atoms with Gasteiger partial charge < -0.3 is 26.6 Å². The normalized spacial score (nSPS) is 23.3. The molecule has 9 nitrogen and oxygen atoms in total. The number of hydrogen-bond donors (Lipinski definition) is 4. The van der Waals surface area contributed by atoms with Crippen molar-refractivity contribution in [1.29, 1.82) is 0 Å². The second kappa shape index (κ2) is 8.98. The fourth-order valence-corrected chi connectivity index (χ4v) is 3.25. The van der Waals surface area contributed by atoms with Crippen LogP contribution >= 0.6 is 0 Å². The van der Waals surface area contributed by atoms with E-state index < -0.39 is 23.9 Å². The number of amides is 4. The van der Waals surface area contributed by atoms with E-state index in [0.717, 1.165) is 19.4 Å². The van der Waals surface area contributed by atoms with Crippen LogP contribution in [0.3, 0.4) is 0 Å². The van der Waals surface area contributed by atoms with Gasteiger partial charge in [-0.15, -0.1) is 0 Å². The van der Waals surface area contributed by atoms with Crippen molar-refractivity contribution in [2.24, 2.45) is 11.7 Å². The molecule has 0 spiro atoms. The number of hydrogen-bond acceptors (Lipinski definition) is 5. The molecule has 0 aromatic heterocycles. The van der Waals surface area contributed by atoms with Gasteiger partial charge in [-0.2, -0.15) is 0 Å². The summed E-state index contributed by atoms with van der Waals surface area (Å²) in [6, 6.07) is -1.54. The molecule has 0 bridgehead atoms. The van der Waals surface area contributed by atoms with Crippen molar-refractivity contribution in [3.8, 4) is 0 Å². The molecule has 0 aromatic rings. The highest BCUT2D eigenvalue weighted by Crippen LogP contribution is 2.16. The standard InChI is InChI=1S/C17H29N5O4/c1-10(2)8-12(21-17(26)11-4-3-6-19-11)16(25)20-9-14(23)22-7-5-13(22)15(18)24/h10-13,19H,3-9H2,1-2H3,(H2,18,24)(H,20,25)(H,21,26)/t11-,12-,13-/m0/s1. The van der Waals surface area contributed by atoms with E-state index in [-0.39, 0.29) is 30.3 Å². The average Bonchev–Trinajstić information content (AvgIpc) is 3.04. The Morgan fingerprint density at radius 1 is 1.23 bits per heavy atom. The Kier molecular flexibility index (Phi) is 6.96. The summed E-state index contributed by atoms with van der Waals surface area (Å²) in [5, 5.41) is 8.46. The lowest BCUT2D eigenvalue weighted by Gasteiger charge is -2.38. The lowest BCUT2D eigenvalue weighted by Crippen LogP contribution is -2.60. The summed E-state index contributed by atoms with van der Waals surface area (Å²) in [6.07, 6.45) is 2.72. The minimum absolute atomic E-state index is 0.189. The fourth-order valence-electron chi connectivity index (χ4n) is 3.25. The van der Waals surface area contributed by atoms with Gasteiger partial charge in [-0.05, 0) is 38.1 Å². The number of carbonyl (C=O) groups excluding carboxylic acids is 4. The molecule has 2 aliphatic rings. The zero-order valence-electron chi connectivity index (χ0n) is 15.4. The predicted octanol–water partition coefficient (Wildman–Crippen LogP) is -1.53. The molecule has 26 heavy (non-hydrogen) atoms. The topological polar surface area (TPSA) is 134 Å². The summed E-state index contributed by atoms with van der Waals surface area (Å²) in [7, 11) is 0. The van der Waals surface area contributed by atoms with Gasteiger partial charge in [0.25, 0.3) is 0 Å². The van der Waals surface area contributed by atoms with Gasteiger partial charge in [0.05, 0.1) is 12.6 Å². The van der Waals surface area contributed by atoms with Gasteiger partial charge in [-0.3, -0.25) is 19.2 Å². The van der Waals surface area contributed by atoms with Crippen LogP contribution in [0.25, 0.3) is 0 Å². The van der Waals surface area contributed by atoms with Crippen molar-refractivity contribution in [3.63, 3.8) is 0 Å². The van der Waals surface area contributed by atoms with Crippen LogP contribution < -0.4 is 21.7 Å². The maximum absolute atomic E-state index is 12.5. The molecule has 0 aliphatic carbocycles. The third-order valence-electron chi connectivity index (χ3n) is 4.80. The van der Waals surface area contributed by atoms with Crippen LogP contribution in [0.2, 0.25) is 0 Å². The quantitative estimate of drug-likeness (QED) is 0.413. The molecule has 146 valence electrons. The zero-order chi connectivity index (χ0) is 19.3. The minimum Gasteiger partial charge on any atom is -0.368 e. The van der Waals surface area contributed by atoms with Gasteiger partial charge in [0, 0.05) is 6.54 Å². The van der Waals surface area contributed by atoms with E-state index in [1.165, 1.54) is 4.90 Å². The summed E-state index contributed by atoms with van der Waals surface area (Å²) in [5.41, 5.74) is 5.23. The van der Waals surface area contributed by atoms with Crippen LogP contribution in [-0.4, -0.2) is 66.3 Å². The van der Waals surface area contributed by atoms with Crippen LogP contribution in [0.4, 0.5) is 0 Å². The number of likely N-dealkylation sites (tertiary alicyclic amines) is 1. The summed E-state index contributed by atoms with van der Waals surface area (Å²) in [6.45, 7) is 4.97. The highest BCUT2D eigenvalue weighted by Gasteiger charge is 2.36. The van der Waals surface area contributed by atoms with E-state index >= 15 is 0 Å². The highest BCUT2D eigenvalue weighted by atomic mass is 16.2. The maximum Gasteiger partial charge on any atom is 0.243 e. The smallest absolute Gasteiger partial charge is 0.243 e. The van der Waals surface area contributed by atoms with E-state index in [0.29, 0.717) is 19.4 Å². The van der Waals surface area contributed by atoms with E-state index in [9.17, 15) is 19.2 Å². The number of nitrogens with two attached hydrogens (primary N) is 1. The largest absolute Gasteiger partial charge is 0.368 e. The molecule has 3 atom stereocenters. The second-order valence-corrected chi connectivity index (χ2v) is 7.35. The highest BCUT2D eigenvalue weighted by molar-refractivity contribution is 5.93. The van der Waals surface area contributed by atoms with Crippen molar-refractivity contribution in [2.75, 3.05) is 19.6 Å². The van der Waals surface area contributed by atoms with Crippen molar-refractivity contribution in [3.05, 3.63) is 0 Å². The van der Waals surface area contributed by atoms with Gasteiger partial charge in [0.15, 0.2) is 0 Å². The predicted molar refractivity (Wildman–Crippen MR) is 94.7 cm³/mol. The van der Waals surface area contributed by atoms with Gasteiger partial charge in [-0.25, -0.2) is 0 Å². The Hall–Kier alpha value is -2.16. The Morgan fingerprint density at radius 3 is 2.46 bits per heavy atom. The summed E-state index contributed by atoms with van der Waals surface area (Å²) in [5.74, 6) is -1.26. The Labute approximate surface area is 153 Å². The van der Waals surface area contributed by atoms with E-state index in [1.54, 1.807) is 0 Å². The summed E-state index contributed by atoms with van der Waals surface area (Å²) < 4.78 is 0. The molecule has 2 saturated heterocycles. The number of nitrogens with zero attached hydrogens (tertiary/aromatic N) is 1. The molecule has 0 unspecified atom stereocenters.